The predicted octanol–water partition coefficient (Wildman–Crippen LogP) is 3.10. The van der Waals surface area contributed by atoms with Gasteiger partial charge in [-0.2, -0.15) is 13.2 Å². The standard InChI is InChI=1S/C17H20F3N3O3S/c1-10(27-9-8-23-14(25)16(2,3)22-15(23)26)13(24)21-12-7-5-4-6-11(12)17(18,19)20/h4-7,10H,8-9H2,1-3H3,(H,21,24)(H,22,26). The van der Waals surface area contributed by atoms with Crippen LogP contribution in [0.5, 0.6) is 0 Å². The van der Waals surface area contributed by atoms with Crippen LogP contribution in [-0.4, -0.2) is 45.8 Å². The van der Waals surface area contributed by atoms with E-state index in [9.17, 15) is 27.6 Å². The first-order valence-corrected chi connectivity index (χ1v) is 9.21. The summed E-state index contributed by atoms with van der Waals surface area (Å²) in [6.45, 7) is 4.84. The average Bonchev–Trinajstić information content (AvgIpc) is 2.75. The van der Waals surface area contributed by atoms with Crippen molar-refractivity contribution in [3.63, 3.8) is 0 Å². The SMILES string of the molecule is CC(SCCN1C(=O)NC(C)(C)C1=O)C(=O)Nc1ccccc1C(F)(F)F. The minimum Gasteiger partial charge on any atom is -0.325 e. The number of nitrogens with zero attached hydrogens (tertiary/aromatic N) is 1. The first-order valence-electron chi connectivity index (χ1n) is 8.16. The number of nitrogens with one attached hydrogen (secondary N) is 2. The van der Waals surface area contributed by atoms with Crippen LogP contribution in [0.1, 0.15) is 26.3 Å². The molecule has 148 valence electrons. The highest BCUT2D eigenvalue weighted by atomic mass is 32.2. The fourth-order valence-electron chi connectivity index (χ4n) is 2.49. The molecule has 0 saturated carbocycles. The van der Waals surface area contributed by atoms with E-state index < -0.39 is 34.5 Å². The average molecular weight is 403 g/mol. The first-order chi connectivity index (χ1) is 12.4. The van der Waals surface area contributed by atoms with Crippen LogP contribution in [0, 0.1) is 0 Å². The summed E-state index contributed by atoms with van der Waals surface area (Å²) in [6.07, 6.45) is -4.57. The summed E-state index contributed by atoms with van der Waals surface area (Å²) in [5.74, 6) is -0.663. The number of benzene rings is 1. The van der Waals surface area contributed by atoms with Crippen molar-refractivity contribution in [1.29, 1.82) is 0 Å². The number of carbonyl (C=O) groups is 3. The molecule has 1 fully saturated rings. The third-order valence-corrected chi connectivity index (χ3v) is 5.12. The van der Waals surface area contributed by atoms with E-state index in [4.69, 9.17) is 0 Å². The van der Waals surface area contributed by atoms with Crippen molar-refractivity contribution in [2.75, 3.05) is 17.6 Å². The van der Waals surface area contributed by atoms with Gasteiger partial charge in [-0.25, -0.2) is 4.79 Å². The number of carbonyl (C=O) groups excluding carboxylic acids is 3. The van der Waals surface area contributed by atoms with E-state index in [2.05, 4.69) is 10.6 Å². The van der Waals surface area contributed by atoms with E-state index in [1.54, 1.807) is 20.8 Å². The second-order valence-electron chi connectivity index (χ2n) is 6.56. The van der Waals surface area contributed by atoms with Crippen molar-refractivity contribution in [2.45, 2.75) is 37.7 Å². The zero-order valence-electron chi connectivity index (χ0n) is 15.0. The highest BCUT2D eigenvalue weighted by Crippen LogP contribution is 2.34. The lowest BCUT2D eigenvalue weighted by atomic mass is 10.1. The van der Waals surface area contributed by atoms with E-state index >= 15 is 0 Å². The van der Waals surface area contributed by atoms with Gasteiger partial charge in [0.15, 0.2) is 0 Å². The number of para-hydroxylation sites is 1. The smallest absolute Gasteiger partial charge is 0.325 e. The van der Waals surface area contributed by atoms with Crippen LogP contribution < -0.4 is 10.6 Å². The summed E-state index contributed by atoms with van der Waals surface area (Å²) in [5.41, 5.74) is -2.19. The Morgan fingerprint density at radius 2 is 1.93 bits per heavy atom. The van der Waals surface area contributed by atoms with Crippen molar-refractivity contribution < 1.29 is 27.6 Å². The van der Waals surface area contributed by atoms with Crippen LogP contribution in [0.2, 0.25) is 0 Å². The van der Waals surface area contributed by atoms with E-state index in [1.807, 2.05) is 0 Å². The minimum atomic E-state index is -4.57. The van der Waals surface area contributed by atoms with Gasteiger partial charge in [-0.1, -0.05) is 12.1 Å². The van der Waals surface area contributed by atoms with Gasteiger partial charge in [0.05, 0.1) is 16.5 Å². The van der Waals surface area contributed by atoms with Gasteiger partial charge < -0.3 is 10.6 Å². The molecule has 6 nitrogen and oxygen atoms in total. The number of urea groups is 1. The number of halogens is 3. The molecule has 4 amide bonds. The maximum Gasteiger partial charge on any atom is 0.418 e. The molecule has 1 aromatic rings. The monoisotopic (exact) mass is 403 g/mol. The second-order valence-corrected chi connectivity index (χ2v) is 8.01. The first kappa shape index (κ1) is 21.1. The van der Waals surface area contributed by atoms with Crippen LogP contribution >= 0.6 is 11.8 Å². The number of anilines is 1. The van der Waals surface area contributed by atoms with Gasteiger partial charge in [0.1, 0.15) is 5.54 Å². The Labute approximate surface area is 158 Å². The maximum absolute atomic E-state index is 13.0. The fourth-order valence-corrected chi connectivity index (χ4v) is 3.34. The molecule has 1 aliphatic rings. The predicted molar refractivity (Wildman–Crippen MR) is 96.3 cm³/mol. The van der Waals surface area contributed by atoms with Crippen molar-refractivity contribution in [3.05, 3.63) is 29.8 Å². The van der Waals surface area contributed by atoms with E-state index in [0.717, 1.165) is 22.7 Å². The Kier molecular flexibility index (Phi) is 6.08. The molecule has 1 aromatic carbocycles. The number of hydrogen-bond donors (Lipinski definition) is 2. The molecule has 2 rings (SSSR count). The van der Waals surface area contributed by atoms with Crippen LogP contribution in [0.4, 0.5) is 23.7 Å². The largest absolute Gasteiger partial charge is 0.418 e. The lowest BCUT2D eigenvalue weighted by Gasteiger charge is -2.18. The number of imide groups is 1. The molecule has 0 aliphatic carbocycles. The van der Waals surface area contributed by atoms with Crippen LogP contribution in [-0.2, 0) is 15.8 Å². The molecule has 1 atom stereocenters. The second kappa shape index (κ2) is 7.79. The van der Waals surface area contributed by atoms with Gasteiger partial charge in [-0.15, -0.1) is 11.8 Å². The zero-order valence-corrected chi connectivity index (χ0v) is 15.8. The molecular weight excluding hydrogens is 383 g/mol. The molecule has 1 heterocycles. The normalized spacial score (nSPS) is 17.6. The highest BCUT2D eigenvalue weighted by molar-refractivity contribution is 8.00. The van der Waals surface area contributed by atoms with Gasteiger partial charge in [0, 0.05) is 12.3 Å². The molecule has 1 unspecified atom stereocenters. The molecule has 0 bridgehead atoms. The van der Waals surface area contributed by atoms with E-state index in [-0.39, 0.29) is 23.9 Å². The third-order valence-electron chi connectivity index (χ3n) is 3.99. The Morgan fingerprint density at radius 3 is 2.48 bits per heavy atom. The summed E-state index contributed by atoms with van der Waals surface area (Å²) < 4.78 is 38.9. The van der Waals surface area contributed by atoms with Crippen LogP contribution in [0.25, 0.3) is 0 Å². The molecule has 0 aromatic heterocycles. The number of hydrogen-bond acceptors (Lipinski definition) is 4. The molecule has 0 spiro atoms. The Hall–Kier alpha value is -2.23. The fraction of sp³-hybridized carbons (Fsp3) is 0.471. The van der Waals surface area contributed by atoms with E-state index in [1.165, 1.54) is 18.2 Å². The molecule has 0 radical (unpaired) electrons. The Morgan fingerprint density at radius 1 is 1.30 bits per heavy atom. The van der Waals surface area contributed by atoms with Gasteiger partial charge in [-0.3, -0.25) is 14.5 Å². The molecule has 27 heavy (non-hydrogen) atoms. The van der Waals surface area contributed by atoms with Crippen molar-refractivity contribution in [3.8, 4) is 0 Å². The van der Waals surface area contributed by atoms with Gasteiger partial charge in [0.25, 0.3) is 5.91 Å². The quantitative estimate of drug-likeness (QED) is 0.716. The van der Waals surface area contributed by atoms with Crippen molar-refractivity contribution in [1.82, 2.24) is 10.2 Å². The number of alkyl halides is 3. The lowest BCUT2D eigenvalue weighted by molar-refractivity contribution is -0.137. The summed E-state index contributed by atoms with van der Waals surface area (Å²) in [5, 5.41) is 4.17. The van der Waals surface area contributed by atoms with Crippen molar-refractivity contribution >= 4 is 35.3 Å². The molecule has 2 N–H and O–H groups in total. The highest BCUT2D eigenvalue weighted by Gasteiger charge is 2.43. The molecular formula is C17H20F3N3O3S. The van der Waals surface area contributed by atoms with Gasteiger partial charge in [0.2, 0.25) is 5.91 Å². The summed E-state index contributed by atoms with van der Waals surface area (Å²) in [4.78, 5) is 37.1. The Balaban J connectivity index is 1.90. The van der Waals surface area contributed by atoms with Crippen molar-refractivity contribution in [2.24, 2.45) is 0 Å². The number of rotatable bonds is 6. The Bertz CT molecular complexity index is 752. The number of amides is 4. The zero-order chi connectivity index (χ0) is 20.4. The molecule has 10 heteroatoms. The minimum absolute atomic E-state index is 0.107. The summed E-state index contributed by atoms with van der Waals surface area (Å²) in [6, 6.07) is 4.24. The lowest BCUT2D eigenvalue weighted by Crippen LogP contribution is -2.40. The maximum atomic E-state index is 13.0. The number of thioether (sulfide) groups is 1. The van der Waals surface area contributed by atoms with Crippen LogP contribution in [0.15, 0.2) is 24.3 Å². The summed E-state index contributed by atoms with van der Waals surface area (Å²) in [7, 11) is 0. The van der Waals surface area contributed by atoms with Gasteiger partial charge in [-0.05, 0) is 32.9 Å². The molecule has 1 saturated heterocycles. The van der Waals surface area contributed by atoms with E-state index in [0.29, 0.717) is 0 Å². The third kappa shape index (κ3) is 4.94. The summed E-state index contributed by atoms with van der Waals surface area (Å²) >= 11 is 1.14. The van der Waals surface area contributed by atoms with Crippen LogP contribution in [0.3, 0.4) is 0 Å². The molecule has 1 aliphatic heterocycles. The topological polar surface area (TPSA) is 78.5 Å². The van der Waals surface area contributed by atoms with Gasteiger partial charge >= 0.3 is 12.2 Å².